The summed E-state index contributed by atoms with van der Waals surface area (Å²) in [6.45, 7) is 4.80. The maximum atomic E-state index is 13.5. The van der Waals surface area contributed by atoms with E-state index in [9.17, 15) is 14.0 Å². The van der Waals surface area contributed by atoms with Gasteiger partial charge < -0.3 is 15.0 Å². The molecule has 1 aliphatic rings. The van der Waals surface area contributed by atoms with Gasteiger partial charge in [-0.25, -0.2) is 9.18 Å². The number of benzene rings is 1. The van der Waals surface area contributed by atoms with Crippen LogP contribution in [0.15, 0.2) is 18.2 Å². The predicted molar refractivity (Wildman–Crippen MR) is 81.1 cm³/mol. The number of piperidine rings is 1. The second-order valence-corrected chi connectivity index (χ2v) is 5.41. The number of rotatable bonds is 3. The summed E-state index contributed by atoms with van der Waals surface area (Å²) in [5.74, 6) is -0.678. The average molecular weight is 308 g/mol. The maximum Gasteiger partial charge on any atom is 0.321 e. The molecule has 1 heterocycles. The first-order valence-electron chi connectivity index (χ1n) is 7.50. The van der Waals surface area contributed by atoms with Crippen molar-refractivity contribution in [2.24, 2.45) is 5.92 Å². The number of halogens is 1. The minimum atomic E-state index is -0.348. The SMILES string of the molecule is CCOC(=O)C1CCN(C(=O)Nc2ccc(C)c(F)c2)CC1. The van der Waals surface area contributed by atoms with E-state index < -0.39 is 0 Å². The molecule has 1 aromatic carbocycles. The lowest BCUT2D eigenvalue weighted by atomic mass is 9.97. The van der Waals surface area contributed by atoms with Crippen molar-refractivity contribution in [3.8, 4) is 0 Å². The molecule has 22 heavy (non-hydrogen) atoms. The van der Waals surface area contributed by atoms with Gasteiger partial charge >= 0.3 is 12.0 Å². The number of carbonyl (C=O) groups excluding carboxylic acids is 2. The lowest BCUT2D eigenvalue weighted by Crippen LogP contribution is -2.42. The Morgan fingerprint density at radius 2 is 2.05 bits per heavy atom. The molecule has 1 aliphatic heterocycles. The second kappa shape index (κ2) is 7.24. The molecule has 1 saturated heterocycles. The summed E-state index contributed by atoms with van der Waals surface area (Å²) in [5, 5.41) is 2.68. The van der Waals surface area contributed by atoms with Gasteiger partial charge in [0.25, 0.3) is 0 Å². The van der Waals surface area contributed by atoms with Crippen LogP contribution in [0.4, 0.5) is 14.9 Å². The Kier molecular flexibility index (Phi) is 5.35. The van der Waals surface area contributed by atoms with E-state index >= 15 is 0 Å². The third-order valence-corrected chi connectivity index (χ3v) is 3.83. The van der Waals surface area contributed by atoms with Gasteiger partial charge in [0.05, 0.1) is 12.5 Å². The zero-order chi connectivity index (χ0) is 16.1. The minimum absolute atomic E-state index is 0.138. The van der Waals surface area contributed by atoms with E-state index in [1.165, 1.54) is 6.07 Å². The van der Waals surface area contributed by atoms with Crippen molar-refractivity contribution in [2.75, 3.05) is 25.0 Å². The fraction of sp³-hybridized carbons (Fsp3) is 0.500. The van der Waals surface area contributed by atoms with E-state index in [2.05, 4.69) is 5.32 Å². The van der Waals surface area contributed by atoms with E-state index in [0.29, 0.717) is 43.8 Å². The van der Waals surface area contributed by atoms with Crippen LogP contribution in [0.1, 0.15) is 25.3 Å². The van der Waals surface area contributed by atoms with Crippen LogP contribution in [0.2, 0.25) is 0 Å². The number of hydrogen-bond acceptors (Lipinski definition) is 3. The predicted octanol–water partition coefficient (Wildman–Crippen LogP) is 2.94. The fourth-order valence-corrected chi connectivity index (χ4v) is 2.45. The summed E-state index contributed by atoms with van der Waals surface area (Å²) in [6, 6.07) is 4.32. The standard InChI is InChI=1S/C16H21FN2O3/c1-3-22-15(20)12-6-8-19(9-7-12)16(21)18-13-5-4-11(2)14(17)10-13/h4-5,10,12H,3,6-9H2,1-2H3,(H,18,21). The highest BCUT2D eigenvalue weighted by molar-refractivity contribution is 5.89. The van der Waals surface area contributed by atoms with E-state index in [4.69, 9.17) is 4.74 Å². The number of likely N-dealkylation sites (tertiary alicyclic amines) is 1. The van der Waals surface area contributed by atoms with Crippen molar-refractivity contribution in [3.63, 3.8) is 0 Å². The smallest absolute Gasteiger partial charge is 0.321 e. The highest BCUT2D eigenvalue weighted by Gasteiger charge is 2.28. The van der Waals surface area contributed by atoms with Crippen molar-refractivity contribution in [1.82, 2.24) is 4.90 Å². The third kappa shape index (κ3) is 3.96. The van der Waals surface area contributed by atoms with Crippen LogP contribution in [0.25, 0.3) is 0 Å². The highest BCUT2D eigenvalue weighted by atomic mass is 19.1. The molecule has 2 amide bonds. The first kappa shape index (κ1) is 16.3. The largest absolute Gasteiger partial charge is 0.466 e. The summed E-state index contributed by atoms with van der Waals surface area (Å²) in [4.78, 5) is 25.4. The fourth-order valence-electron chi connectivity index (χ4n) is 2.45. The summed E-state index contributed by atoms with van der Waals surface area (Å²) >= 11 is 0. The molecule has 1 N–H and O–H groups in total. The molecule has 0 unspecified atom stereocenters. The molecule has 0 saturated carbocycles. The van der Waals surface area contributed by atoms with Gasteiger partial charge in [-0.1, -0.05) is 6.07 Å². The quantitative estimate of drug-likeness (QED) is 0.873. The molecule has 0 aromatic heterocycles. The lowest BCUT2D eigenvalue weighted by Gasteiger charge is -2.30. The number of nitrogens with one attached hydrogen (secondary N) is 1. The Hall–Kier alpha value is -2.11. The number of amides is 2. The van der Waals surface area contributed by atoms with Gasteiger partial charge in [0, 0.05) is 18.8 Å². The summed E-state index contributed by atoms with van der Waals surface area (Å²) in [7, 11) is 0. The van der Waals surface area contributed by atoms with E-state index in [-0.39, 0.29) is 23.7 Å². The van der Waals surface area contributed by atoms with Gasteiger partial charge in [-0.15, -0.1) is 0 Å². The molecular weight excluding hydrogens is 287 g/mol. The zero-order valence-corrected chi connectivity index (χ0v) is 12.9. The number of carbonyl (C=O) groups is 2. The van der Waals surface area contributed by atoms with Crippen LogP contribution >= 0.6 is 0 Å². The van der Waals surface area contributed by atoms with Gasteiger partial charge in [-0.2, -0.15) is 0 Å². The maximum absolute atomic E-state index is 13.5. The van der Waals surface area contributed by atoms with Crippen LogP contribution in [0.3, 0.4) is 0 Å². The first-order valence-corrected chi connectivity index (χ1v) is 7.50. The average Bonchev–Trinajstić information content (AvgIpc) is 2.51. The Labute approximate surface area is 129 Å². The van der Waals surface area contributed by atoms with Crippen molar-refractivity contribution in [2.45, 2.75) is 26.7 Å². The van der Waals surface area contributed by atoms with Gasteiger partial charge in [0.15, 0.2) is 0 Å². The number of hydrogen-bond donors (Lipinski definition) is 1. The number of anilines is 1. The van der Waals surface area contributed by atoms with Crippen molar-refractivity contribution >= 4 is 17.7 Å². The summed E-state index contributed by atoms with van der Waals surface area (Å²) < 4.78 is 18.5. The zero-order valence-electron chi connectivity index (χ0n) is 12.9. The number of nitrogens with zero attached hydrogens (tertiary/aromatic N) is 1. The Morgan fingerprint density at radius 1 is 1.36 bits per heavy atom. The molecule has 1 aromatic rings. The number of urea groups is 1. The molecule has 1 fully saturated rings. The van der Waals surface area contributed by atoms with E-state index in [1.807, 2.05) is 0 Å². The molecular formula is C16H21FN2O3. The Bertz CT molecular complexity index is 554. The summed E-state index contributed by atoms with van der Waals surface area (Å²) in [5.41, 5.74) is 0.967. The van der Waals surface area contributed by atoms with Crippen LogP contribution in [0, 0.1) is 18.7 Å². The topological polar surface area (TPSA) is 58.6 Å². The first-order chi connectivity index (χ1) is 10.5. The molecule has 0 bridgehead atoms. The Morgan fingerprint density at radius 3 is 2.64 bits per heavy atom. The van der Waals surface area contributed by atoms with Crippen LogP contribution in [-0.2, 0) is 9.53 Å². The van der Waals surface area contributed by atoms with Crippen molar-refractivity contribution < 1.29 is 18.7 Å². The van der Waals surface area contributed by atoms with Gasteiger partial charge in [0.1, 0.15) is 5.82 Å². The van der Waals surface area contributed by atoms with Crippen molar-refractivity contribution in [1.29, 1.82) is 0 Å². The van der Waals surface area contributed by atoms with Crippen molar-refractivity contribution in [3.05, 3.63) is 29.6 Å². The van der Waals surface area contributed by atoms with Gasteiger partial charge in [0.2, 0.25) is 0 Å². The third-order valence-electron chi connectivity index (χ3n) is 3.83. The van der Waals surface area contributed by atoms with Crippen LogP contribution < -0.4 is 5.32 Å². The highest BCUT2D eigenvalue weighted by Crippen LogP contribution is 2.20. The van der Waals surface area contributed by atoms with E-state index in [1.54, 1.807) is 30.9 Å². The van der Waals surface area contributed by atoms with Crippen LogP contribution in [0.5, 0.6) is 0 Å². The monoisotopic (exact) mass is 308 g/mol. The van der Waals surface area contributed by atoms with Gasteiger partial charge in [-0.3, -0.25) is 4.79 Å². The van der Waals surface area contributed by atoms with Crippen LogP contribution in [-0.4, -0.2) is 36.6 Å². The molecule has 2 rings (SSSR count). The molecule has 0 atom stereocenters. The molecule has 0 aliphatic carbocycles. The number of esters is 1. The van der Waals surface area contributed by atoms with Gasteiger partial charge in [-0.05, 0) is 44.4 Å². The summed E-state index contributed by atoms with van der Waals surface area (Å²) in [6.07, 6.45) is 1.18. The molecule has 6 heteroatoms. The normalized spacial score (nSPS) is 15.5. The molecule has 0 spiro atoms. The lowest BCUT2D eigenvalue weighted by molar-refractivity contribution is -0.149. The Balaban J connectivity index is 1.87. The number of ether oxygens (including phenoxy) is 1. The number of aryl methyl sites for hydroxylation is 1. The molecule has 120 valence electrons. The molecule has 5 nitrogen and oxygen atoms in total. The minimum Gasteiger partial charge on any atom is -0.466 e. The second-order valence-electron chi connectivity index (χ2n) is 5.41. The molecule has 0 radical (unpaired) electrons. The van der Waals surface area contributed by atoms with E-state index in [0.717, 1.165) is 0 Å².